The highest BCUT2D eigenvalue weighted by Gasteiger charge is 2.29. The van der Waals surface area contributed by atoms with E-state index in [9.17, 15) is 13.2 Å². The van der Waals surface area contributed by atoms with Gasteiger partial charge in [-0.25, -0.2) is 4.98 Å². The van der Waals surface area contributed by atoms with Gasteiger partial charge in [-0.15, -0.1) is 0 Å². The van der Waals surface area contributed by atoms with Crippen molar-refractivity contribution in [3.8, 4) is 11.8 Å². The van der Waals surface area contributed by atoms with Crippen LogP contribution >= 0.6 is 11.6 Å². The van der Waals surface area contributed by atoms with Crippen LogP contribution in [0, 0.1) is 11.8 Å². The van der Waals surface area contributed by atoms with Crippen molar-refractivity contribution in [2.75, 3.05) is 0 Å². The van der Waals surface area contributed by atoms with Crippen molar-refractivity contribution in [1.29, 1.82) is 0 Å². The Kier molecular flexibility index (Phi) is 3.55. The van der Waals surface area contributed by atoms with Crippen molar-refractivity contribution in [3.05, 3.63) is 64.4 Å². The van der Waals surface area contributed by atoms with E-state index in [4.69, 9.17) is 11.6 Å². The van der Waals surface area contributed by atoms with Crippen LogP contribution in [0.1, 0.15) is 16.7 Å². The lowest BCUT2D eigenvalue weighted by molar-refractivity contribution is -0.137. The molecule has 0 atom stereocenters. The third-order valence-corrected chi connectivity index (χ3v) is 3.48. The predicted molar refractivity (Wildman–Crippen MR) is 78.5 cm³/mol. The van der Waals surface area contributed by atoms with Crippen LogP contribution in [0.5, 0.6) is 0 Å². The van der Waals surface area contributed by atoms with Crippen molar-refractivity contribution in [1.82, 2.24) is 9.97 Å². The number of aromatic nitrogens is 2. The van der Waals surface area contributed by atoms with Gasteiger partial charge in [-0.3, -0.25) is 0 Å². The second kappa shape index (κ2) is 5.39. The topological polar surface area (TPSA) is 28.7 Å². The maximum absolute atomic E-state index is 12.5. The molecule has 3 rings (SSSR count). The predicted octanol–water partition coefficient (Wildman–Crippen LogP) is 4.63. The molecule has 0 saturated heterocycles. The van der Waals surface area contributed by atoms with Crippen LogP contribution in [0.25, 0.3) is 11.0 Å². The summed E-state index contributed by atoms with van der Waals surface area (Å²) in [6.07, 6.45) is -1.10. The highest BCUT2D eigenvalue weighted by atomic mass is 35.5. The summed E-state index contributed by atoms with van der Waals surface area (Å²) in [6.45, 7) is 0. The van der Waals surface area contributed by atoms with Crippen LogP contribution in [0.3, 0.4) is 0 Å². The molecule has 2 heterocycles. The molecule has 110 valence electrons. The summed E-state index contributed by atoms with van der Waals surface area (Å²) >= 11 is 6.22. The third-order valence-electron chi connectivity index (χ3n) is 3.07. The average molecular weight is 321 g/mol. The van der Waals surface area contributed by atoms with Crippen LogP contribution in [-0.4, -0.2) is 9.97 Å². The van der Waals surface area contributed by atoms with Gasteiger partial charge < -0.3 is 4.98 Å². The zero-order valence-corrected chi connectivity index (χ0v) is 11.8. The molecule has 1 N–H and O–H groups in total. The van der Waals surface area contributed by atoms with Gasteiger partial charge in [0.25, 0.3) is 0 Å². The molecule has 2 aromatic heterocycles. The largest absolute Gasteiger partial charge is 0.416 e. The van der Waals surface area contributed by atoms with Crippen molar-refractivity contribution < 1.29 is 13.2 Å². The SMILES string of the molecule is FC(F)(F)c1ccc(C#Cc2cnc3[nH]ccc3c2Cl)cc1. The Balaban J connectivity index is 1.92. The molecule has 22 heavy (non-hydrogen) atoms. The fourth-order valence-electron chi connectivity index (χ4n) is 1.94. The monoisotopic (exact) mass is 320 g/mol. The molecule has 0 aliphatic heterocycles. The maximum atomic E-state index is 12.5. The Hall–Kier alpha value is -2.45. The van der Waals surface area contributed by atoms with E-state index in [0.29, 0.717) is 21.8 Å². The van der Waals surface area contributed by atoms with E-state index in [1.54, 1.807) is 12.3 Å². The number of benzene rings is 1. The van der Waals surface area contributed by atoms with E-state index in [0.717, 1.165) is 17.5 Å². The minimum Gasteiger partial charge on any atom is -0.346 e. The first-order valence-electron chi connectivity index (χ1n) is 6.26. The summed E-state index contributed by atoms with van der Waals surface area (Å²) in [4.78, 5) is 7.10. The number of nitrogens with one attached hydrogen (secondary N) is 1. The van der Waals surface area contributed by atoms with E-state index < -0.39 is 11.7 Å². The molecular formula is C16H8ClF3N2. The summed E-state index contributed by atoms with van der Waals surface area (Å²) in [5, 5.41) is 1.21. The van der Waals surface area contributed by atoms with Gasteiger partial charge in [-0.1, -0.05) is 23.4 Å². The molecule has 1 aromatic carbocycles. The minimum atomic E-state index is -4.35. The van der Waals surface area contributed by atoms with Crippen LogP contribution in [-0.2, 0) is 6.18 Å². The quantitative estimate of drug-likeness (QED) is 0.601. The molecule has 2 nitrogen and oxygen atoms in total. The molecule has 3 aromatic rings. The van der Waals surface area contributed by atoms with Crippen molar-refractivity contribution in [2.24, 2.45) is 0 Å². The average Bonchev–Trinajstić information content (AvgIpc) is 2.95. The van der Waals surface area contributed by atoms with Crippen LogP contribution in [0.4, 0.5) is 13.2 Å². The van der Waals surface area contributed by atoms with E-state index >= 15 is 0 Å². The molecule has 6 heteroatoms. The molecular weight excluding hydrogens is 313 g/mol. The lowest BCUT2D eigenvalue weighted by atomic mass is 10.1. The summed E-state index contributed by atoms with van der Waals surface area (Å²) in [5.74, 6) is 5.62. The number of H-pyrrole nitrogens is 1. The number of hydrogen-bond acceptors (Lipinski definition) is 1. The number of pyridine rings is 1. The lowest BCUT2D eigenvalue weighted by Gasteiger charge is -2.05. The van der Waals surface area contributed by atoms with E-state index in [1.807, 2.05) is 0 Å². The number of fused-ring (bicyclic) bond motifs is 1. The molecule has 0 unspecified atom stereocenters. The summed E-state index contributed by atoms with van der Waals surface area (Å²) in [6, 6.07) is 6.43. The molecule has 0 spiro atoms. The van der Waals surface area contributed by atoms with Crippen LogP contribution in [0.15, 0.2) is 42.7 Å². The Labute approximate surface area is 128 Å². The highest BCUT2D eigenvalue weighted by Crippen LogP contribution is 2.29. The summed E-state index contributed by atoms with van der Waals surface area (Å²) in [7, 11) is 0. The first-order chi connectivity index (χ1) is 10.4. The molecule has 0 fully saturated rings. The van der Waals surface area contributed by atoms with Gasteiger partial charge in [0.2, 0.25) is 0 Å². The number of nitrogens with zero attached hydrogens (tertiary/aromatic N) is 1. The highest BCUT2D eigenvalue weighted by molar-refractivity contribution is 6.36. The molecule has 0 radical (unpaired) electrons. The number of aromatic amines is 1. The third kappa shape index (κ3) is 2.78. The van der Waals surface area contributed by atoms with Gasteiger partial charge >= 0.3 is 6.18 Å². The Bertz CT molecular complexity index is 884. The zero-order valence-electron chi connectivity index (χ0n) is 11.0. The van der Waals surface area contributed by atoms with E-state index in [1.165, 1.54) is 18.3 Å². The maximum Gasteiger partial charge on any atom is 0.416 e. The van der Waals surface area contributed by atoms with Gasteiger partial charge in [0.1, 0.15) is 5.65 Å². The Morgan fingerprint density at radius 2 is 1.77 bits per heavy atom. The van der Waals surface area contributed by atoms with Gasteiger partial charge in [-0.2, -0.15) is 13.2 Å². The lowest BCUT2D eigenvalue weighted by Crippen LogP contribution is -2.04. The fraction of sp³-hybridized carbons (Fsp3) is 0.0625. The van der Waals surface area contributed by atoms with Crippen LogP contribution < -0.4 is 0 Å². The number of halogens is 4. The number of hydrogen-bond donors (Lipinski definition) is 1. The first-order valence-corrected chi connectivity index (χ1v) is 6.64. The Morgan fingerprint density at radius 1 is 1.05 bits per heavy atom. The first kappa shape index (κ1) is 14.5. The van der Waals surface area contributed by atoms with Gasteiger partial charge in [0.15, 0.2) is 0 Å². The molecule has 0 aliphatic carbocycles. The van der Waals surface area contributed by atoms with Crippen molar-refractivity contribution >= 4 is 22.6 Å². The van der Waals surface area contributed by atoms with Gasteiger partial charge in [0.05, 0.1) is 16.1 Å². The smallest absolute Gasteiger partial charge is 0.346 e. The van der Waals surface area contributed by atoms with E-state index in [-0.39, 0.29) is 0 Å². The van der Waals surface area contributed by atoms with Gasteiger partial charge in [0, 0.05) is 23.3 Å². The van der Waals surface area contributed by atoms with E-state index in [2.05, 4.69) is 21.8 Å². The molecule has 0 bridgehead atoms. The van der Waals surface area contributed by atoms with Crippen molar-refractivity contribution in [3.63, 3.8) is 0 Å². The van der Waals surface area contributed by atoms with Crippen LogP contribution in [0.2, 0.25) is 5.02 Å². The number of rotatable bonds is 0. The van der Waals surface area contributed by atoms with Gasteiger partial charge in [-0.05, 0) is 30.3 Å². The fourth-order valence-corrected chi connectivity index (χ4v) is 2.19. The molecule has 0 aliphatic rings. The molecule has 0 amide bonds. The summed E-state index contributed by atoms with van der Waals surface area (Å²) < 4.78 is 37.4. The minimum absolute atomic E-state index is 0.464. The molecule has 0 saturated carbocycles. The summed E-state index contributed by atoms with van der Waals surface area (Å²) in [5.41, 5.74) is 0.948. The number of alkyl halides is 3. The normalized spacial score (nSPS) is 11.3. The van der Waals surface area contributed by atoms with Crippen molar-refractivity contribution in [2.45, 2.75) is 6.18 Å². The zero-order chi connectivity index (χ0) is 15.7. The second-order valence-corrected chi connectivity index (χ2v) is 4.93. The standard InChI is InChI=1S/C16H8ClF3N2/c17-14-11(9-22-15-13(14)7-8-21-15)4-1-10-2-5-12(6-3-10)16(18,19)20/h2-3,5-9H,(H,21,22). The Morgan fingerprint density at radius 3 is 2.45 bits per heavy atom. The second-order valence-electron chi connectivity index (χ2n) is 4.55.